The van der Waals surface area contributed by atoms with Crippen molar-refractivity contribution in [2.45, 2.75) is 103 Å². The van der Waals surface area contributed by atoms with Crippen LogP contribution in [-0.4, -0.2) is 55.6 Å². The lowest BCUT2D eigenvalue weighted by Crippen LogP contribution is -2.51. The molecule has 1 aliphatic rings. The number of rotatable bonds is 11. The minimum atomic E-state index is -1.95. The van der Waals surface area contributed by atoms with Gasteiger partial charge in [0.05, 0.1) is 35.4 Å². The van der Waals surface area contributed by atoms with Crippen molar-refractivity contribution in [3.05, 3.63) is 77.8 Å². The molecule has 0 spiro atoms. The maximum absolute atomic E-state index is 13.1. The van der Waals surface area contributed by atoms with Gasteiger partial charge in [-0.15, -0.1) is 4.72 Å². The van der Waals surface area contributed by atoms with Crippen molar-refractivity contribution in [2.24, 2.45) is 0 Å². The van der Waals surface area contributed by atoms with Crippen molar-refractivity contribution in [1.29, 1.82) is 0 Å². The minimum absolute atomic E-state index is 0.107. The third kappa shape index (κ3) is 7.94. The molecular formula is C37H52N6O3SSi. The first-order valence-corrected chi connectivity index (χ1v) is 21.0. The molecule has 1 aromatic carbocycles. The van der Waals surface area contributed by atoms with Crippen LogP contribution in [0.1, 0.15) is 84.7 Å². The van der Waals surface area contributed by atoms with Gasteiger partial charge >= 0.3 is 0 Å². The summed E-state index contributed by atoms with van der Waals surface area (Å²) in [6.45, 7) is 21.0. The Morgan fingerprint density at radius 3 is 2.48 bits per heavy atom. The van der Waals surface area contributed by atoms with E-state index in [0.717, 1.165) is 53.1 Å². The van der Waals surface area contributed by atoms with Gasteiger partial charge < -0.3 is 19.4 Å². The fourth-order valence-electron chi connectivity index (χ4n) is 5.45. The molecule has 0 bridgehead atoms. The summed E-state index contributed by atoms with van der Waals surface area (Å²) >= 11 is -1.50. The number of aliphatic hydroxyl groups is 1. The second kappa shape index (κ2) is 14.1. The first-order valence-electron chi connectivity index (χ1n) is 16.9. The molecule has 4 heterocycles. The zero-order valence-electron chi connectivity index (χ0n) is 30.0. The maximum atomic E-state index is 13.1. The Morgan fingerprint density at radius 2 is 1.81 bits per heavy atom. The van der Waals surface area contributed by atoms with Crippen LogP contribution in [-0.2, 0) is 28.1 Å². The van der Waals surface area contributed by atoms with Gasteiger partial charge in [0.15, 0.2) is 19.9 Å². The first-order chi connectivity index (χ1) is 22.5. The molecule has 0 saturated carbocycles. The van der Waals surface area contributed by atoms with Crippen molar-refractivity contribution in [2.75, 3.05) is 13.1 Å². The normalized spacial score (nSPS) is 16.5. The lowest BCUT2D eigenvalue weighted by atomic mass is 9.94. The molecule has 2 atom stereocenters. The average Bonchev–Trinajstić information content (AvgIpc) is 3.47. The van der Waals surface area contributed by atoms with E-state index in [0.29, 0.717) is 30.8 Å². The Hall–Kier alpha value is -2.90. The van der Waals surface area contributed by atoms with Crippen LogP contribution < -0.4 is 10.0 Å². The number of fused-ring (bicyclic) bond motifs is 1. The third-order valence-electron chi connectivity index (χ3n) is 9.39. The number of nitrogens with one attached hydrogen (secondary N) is 2. The number of hydrogen-bond donors (Lipinski definition) is 3. The van der Waals surface area contributed by atoms with E-state index in [1.165, 1.54) is 5.57 Å². The molecule has 4 aromatic rings. The van der Waals surface area contributed by atoms with Gasteiger partial charge in [-0.3, -0.25) is 0 Å². The van der Waals surface area contributed by atoms with Crippen molar-refractivity contribution in [3.63, 3.8) is 0 Å². The van der Waals surface area contributed by atoms with E-state index in [2.05, 4.69) is 62.1 Å². The molecule has 11 heteroatoms. The van der Waals surface area contributed by atoms with Gasteiger partial charge in [-0.05, 0) is 106 Å². The van der Waals surface area contributed by atoms with Crippen LogP contribution in [0.4, 0.5) is 0 Å². The Kier molecular flexibility index (Phi) is 10.7. The van der Waals surface area contributed by atoms with Crippen LogP contribution in [0.25, 0.3) is 33.6 Å². The van der Waals surface area contributed by atoms with E-state index in [1.54, 1.807) is 6.07 Å². The number of hydrogen-bond acceptors (Lipinski definition) is 8. The second-order valence-electron chi connectivity index (χ2n) is 15.2. The number of nitrogens with zero attached hydrogens (tertiary/aromatic N) is 4. The maximum Gasteiger partial charge on any atom is 0.200 e. The summed E-state index contributed by atoms with van der Waals surface area (Å²) in [7, 11) is -1.95. The smallest absolute Gasteiger partial charge is 0.200 e. The van der Waals surface area contributed by atoms with Crippen molar-refractivity contribution < 1.29 is 14.1 Å². The molecule has 3 N–H and O–H groups in total. The van der Waals surface area contributed by atoms with E-state index in [-0.39, 0.29) is 5.04 Å². The van der Waals surface area contributed by atoms with E-state index in [1.807, 2.05) is 68.9 Å². The van der Waals surface area contributed by atoms with Crippen LogP contribution in [0.5, 0.6) is 0 Å². The summed E-state index contributed by atoms with van der Waals surface area (Å²) in [4.78, 5) is 9.99. The topological polar surface area (TPSA) is 120 Å². The highest BCUT2D eigenvalue weighted by Gasteiger charge is 2.40. The van der Waals surface area contributed by atoms with Gasteiger partial charge in [-0.25, -0.2) is 14.6 Å². The second-order valence-corrected chi connectivity index (χ2v) is 22.0. The molecule has 48 heavy (non-hydrogen) atoms. The van der Waals surface area contributed by atoms with Crippen LogP contribution >= 0.6 is 0 Å². The summed E-state index contributed by atoms with van der Waals surface area (Å²) < 4.78 is 24.0. The highest BCUT2D eigenvalue weighted by atomic mass is 32.2. The summed E-state index contributed by atoms with van der Waals surface area (Å²) in [6, 6.07) is 15.9. The highest BCUT2D eigenvalue weighted by Crippen LogP contribution is 2.38. The van der Waals surface area contributed by atoms with Crippen LogP contribution in [0.15, 0.2) is 60.8 Å². The van der Waals surface area contributed by atoms with Crippen molar-refractivity contribution in [1.82, 2.24) is 29.8 Å². The van der Waals surface area contributed by atoms with E-state index in [4.69, 9.17) is 19.5 Å². The Labute approximate surface area is 290 Å². The molecule has 0 amide bonds. The predicted octanol–water partition coefficient (Wildman–Crippen LogP) is 7.38. The first kappa shape index (κ1) is 36.4. The lowest BCUT2D eigenvalue weighted by molar-refractivity contribution is 0.0101. The van der Waals surface area contributed by atoms with Crippen molar-refractivity contribution in [3.8, 4) is 17.1 Å². The van der Waals surface area contributed by atoms with Gasteiger partial charge in [0, 0.05) is 28.9 Å². The molecule has 0 fully saturated rings. The Balaban J connectivity index is 1.59. The molecular weight excluding hydrogens is 637 g/mol. The number of benzene rings is 1. The van der Waals surface area contributed by atoms with Gasteiger partial charge in [-0.2, -0.15) is 5.10 Å². The fraction of sp³-hybridized carbons (Fsp3) is 0.486. The van der Waals surface area contributed by atoms with Gasteiger partial charge in [0.25, 0.3) is 0 Å². The SMILES string of the molecule is CCCC(O)(N[S+]([O-])C(C)(C)C)c1cccc(-c2cc(C3=CCNCC3)c3cnn(-c4cccc(CO[Si](C)(C)C(C)(C)C)n4)c3c2)n1. The highest BCUT2D eigenvalue weighted by molar-refractivity contribution is 7.90. The fourth-order valence-corrected chi connectivity index (χ4v) is 7.21. The molecule has 258 valence electrons. The largest absolute Gasteiger partial charge is 0.598 e. The number of aromatic nitrogens is 4. The van der Waals surface area contributed by atoms with Crippen molar-refractivity contribution >= 4 is 36.2 Å². The van der Waals surface area contributed by atoms with Gasteiger partial charge in [0.2, 0.25) is 0 Å². The molecule has 0 aliphatic carbocycles. The third-order valence-corrected chi connectivity index (χ3v) is 15.5. The zero-order chi connectivity index (χ0) is 34.9. The lowest BCUT2D eigenvalue weighted by Gasteiger charge is -2.36. The number of pyridine rings is 2. The average molecular weight is 689 g/mol. The molecule has 0 radical (unpaired) electrons. The standard InChI is InChI=1S/C37H52N6O3SSi/c1-10-19-37(44,42-47(45)35(2,3)4)33-15-12-14-31(41-33)27-22-29(26-17-20-38-21-18-26)30-24-39-43(32(30)23-27)34-16-11-13-28(40-34)25-46-48(8,9)36(5,6)7/h11-17,22-24,38,42,44H,10,18-21,25H2,1-9H3. The quantitative estimate of drug-likeness (QED) is 0.0849. The van der Waals surface area contributed by atoms with Crippen LogP contribution in [0, 0.1) is 0 Å². The molecule has 5 rings (SSSR count). The van der Waals surface area contributed by atoms with Crippen LogP contribution in [0.3, 0.4) is 0 Å². The minimum Gasteiger partial charge on any atom is -0.598 e. The summed E-state index contributed by atoms with van der Waals surface area (Å²) in [6.07, 6.45) is 6.11. The van der Waals surface area contributed by atoms with E-state index < -0.39 is 30.2 Å². The molecule has 3 aromatic heterocycles. The van der Waals surface area contributed by atoms with Gasteiger partial charge in [0.1, 0.15) is 4.75 Å². The van der Waals surface area contributed by atoms with Crippen LogP contribution in [0.2, 0.25) is 18.1 Å². The van der Waals surface area contributed by atoms with E-state index in [9.17, 15) is 9.66 Å². The Morgan fingerprint density at radius 1 is 1.06 bits per heavy atom. The molecule has 0 saturated heterocycles. The summed E-state index contributed by atoms with van der Waals surface area (Å²) in [5.74, 6) is 0.719. The molecule has 9 nitrogen and oxygen atoms in total. The Bertz CT molecular complexity index is 1780. The van der Waals surface area contributed by atoms with E-state index >= 15 is 0 Å². The monoisotopic (exact) mass is 688 g/mol. The molecule has 1 aliphatic heterocycles. The summed E-state index contributed by atoms with van der Waals surface area (Å²) in [5.41, 5.74) is 4.64. The van der Waals surface area contributed by atoms with Gasteiger partial charge in [-0.1, -0.05) is 52.3 Å². The predicted molar refractivity (Wildman–Crippen MR) is 199 cm³/mol. The zero-order valence-corrected chi connectivity index (χ0v) is 31.8. The summed E-state index contributed by atoms with van der Waals surface area (Å²) in [5, 5.41) is 21.3. The molecule has 2 unspecified atom stereocenters.